The van der Waals surface area contributed by atoms with E-state index in [0.717, 1.165) is 17.8 Å². The third-order valence-electron chi connectivity index (χ3n) is 3.50. The Morgan fingerprint density at radius 1 is 0.833 bits per heavy atom. The molecular weight excluding hydrogens is 160 g/mol. The van der Waals surface area contributed by atoms with Crippen LogP contribution in [0, 0.1) is 29.2 Å². The summed E-state index contributed by atoms with van der Waals surface area (Å²) in [7, 11) is 1.21. The molecule has 0 nitrogen and oxygen atoms in total. The fourth-order valence-corrected chi connectivity index (χ4v) is 5.00. The molecule has 0 spiro atoms. The van der Waals surface area contributed by atoms with Gasteiger partial charge in [0.05, 0.1) is 0 Å². The number of rotatable bonds is 4. The zero-order valence-corrected chi connectivity index (χ0v) is 11.8. The molecule has 0 bridgehead atoms. The zero-order valence-electron chi connectivity index (χ0n) is 9.81. The lowest BCUT2D eigenvalue weighted by molar-refractivity contribution is 0.100. The molecule has 0 rings (SSSR count). The quantitative estimate of drug-likeness (QED) is 0.590. The summed E-state index contributed by atoms with van der Waals surface area (Å²) in [5.41, 5.74) is 0.478. The molecule has 0 aliphatic carbocycles. The molecular formula is C11H25Si. The molecule has 0 saturated heterocycles. The molecule has 0 aliphatic rings. The Morgan fingerprint density at radius 2 is 1.08 bits per heavy atom. The van der Waals surface area contributed by atoms with E-state index in [9.17, 15) is 0 Å². The van der Waals surface area contributed by atoms with Crippen molar-refractivity contribution in [3.63, 3.8) is 0 Å². The van der Waals surface area contributed by atoms with E-state index in [1.54, 1.807) is 0 Å². The SMILES string of the molecule is CC(C)C([CH][SiH3])(C(C)C)C(C)C. The van der Waals surface area contributed by atoms with Crippen molar-refractivity contribution in [2.75, 3.05) is 0 Å². The molecule has 0 aromatic rings. The number of hydrogen-bond donors (Lipinski definition) is 0. The van der Waals surface area contributed by atoms with E-state index in [4.69, 9.17) is 0 Å². The smallest absolute Gasteiger partial charge is 0.00745 e. The van der Waals surface area contributed by atoms with Gasteiger partial charge in [-0.25, -0.2) is 0 Å². The molecule has 0 aromatic carbocycles. The van der Waals surface area contributed by atoms with Gasteiger partial charge in [-0.2, -0.15) is 0 Å². The van der Waals surface area contributed by atoms with Crippen LogP contribution in [0.2, 0.25) is 0 Å². The third kappa shape index (κ3) is 1.93. The molecule has 12 heavy (non-hydrogen) atoms. The molecule has 1 heteroatoms. The lowest BCUT2D eigenvalue weighted by Gasteiger charge is -2.44. The first-order valence-corrected chi connectivity index (χ1v) is 6.35. The van der Waals surface area contributed by atoms with Gasteiger partial charge < -0.3 is 0 Å². The van der Waals surface area contributed by atoms with Gasteiger partial charge in [-0.05, 0) is 29.2 Å². The minimum absolute atomic E-state index is 0.478. The summed E-state index contributed by atoms with van der Waals surface area (Å²) in [5, 5.41) is 0. The van der Waals surface area contributed by atoms with Gasteiger partial charge in [0, 0.05) is 10.2 Å². The fraction of sp³-hybridized carbons (Fsp3) is 0.909. The molecule has 0 unspecified atom stereocenters. The van der Waals surface area contributed by atoms with Crippen molar-refractivity contribution in [2.24, 2.45) is 23.2 Å². The van der Waals surface area contributed by atoms with Gasteiger partial charge in [-0.3, -0.25) is 0 Å². The fourth-order valence-electron chi connectivity index (χ4n) is 3.00. The summed E-state index contributed by atoms with van der Waals surface area (Å²) in [6, 6.07) is 2.55. The predicted octanol–water partition coefficient (Wildman–Crippen LogP) is 2.47. The van der Waals surface area contributed by atoms with Crippen LogP contribution in [0.4, 0.5) is 0 Å². The molecule has 0 fully saturated rings. The van der Waals surface area contributed by atoms with Crippen molar-refractivity contribution in [1.82, 2.24) is 0 Å². The standard InChI is InChI=1S/C11H25Si/c1-8(2)11(7-12,9(3)4)10(5)6/h7-10H,1-6,12H3. The van der Waals surface area contributed by atoms with E-state index in [1.165, 1.54) is 10.2 Å². The highest BCUT2D eigenvalue weighted by Crippen LogP contribution is 2.44. The van der Waals surface area contributed by atoms with Crippen molar-refractivity contribution in [3.05, 3.63) is 6.04 Å². The lowest BCUT2D eigenvalue weighted by atomic mass is 9.63. The normalized spacial score (nSPS) is 13.8. The van der Waals surface area contributed by atoms with E-state index < -0.39 is 0 Å². The maximum absolute atomic E-state index is 2.55. The average Bonchev–Trinajstić information content (AvgIpc) is 1.86. The van der Waals surface area contributed by atoms with Crippen LogP contribution in [-0.2, 0) is 0 Å². The minimum atomic E-state index is 0.478. The molecule has 1 radical (unpaired) electrons. The zero-order chi connectivity index (χ0) is 9.94. The largest absolute Gasteiger partial charge is 0.0622 e. The molecule has 0 aliphatic heterocycles. The van der Waals surface area contributed by atoms with Crippen LogP contribution in [0.5, 0.6) is 0 Å². The van der Waals surface area contributed by atoms with Crippen LogP contribution in [0.15, 0.2) is 0 Å². The predicted molar refractivity (Wildman–Crippen MR) is 61.2 cm³/mol. The van der Waals surface area contributed by atoms with E-state index in [1.807, 2.05) is 0 Å². The van der Waals surface area contributed by atoms with Crippen molar-refractivity contribution in [3.8, 4) is 0 Å². The van der Waals surface area contributed by atoms with Crippen LogP contribution < -0.4 is 0 Å². The molecule has 0 atom stereocenters. The van der Waals surface area contributed by atoms with Gasteiger partial charge in [0.2, 0.25) is 0 Å². The molecule has 0 N–H and O–H groups in total. The van der Waals surface area contributed by atoms with Crippen LogP contribution in [0.25, 0.3) is 0 Å². The molecule has 73 valence electrons. The highest BCUT2D eigenvalue weighted by Gasteiger charge is 2.37. The summed E-state index contributed by atoms with van der Waals surface area (Å²) in [6.07, 6.45) is 0. The van der Waals surface area contributed by atoms with Crippen LogP contribution in [0.1, 0.15) is 41.5 Å². The highest BCUT2D eigenvalue weighted by atomic mass is 28.1. The van der Waals surface area contributed by atoms with Gasteiger partial charge in [-0.1, -0.05) is 41.5 Å². The van der Waals surface area contributed by atoms with Crippen molar-refractivity contribution in [2.45, 2.75) is 41.5 Å². The van der Waals surface area contributed by atoms with E-state index >= 15 is 0 Å². The summed E-state index contributed by atoms with van der Waals surface area (Å²) < 4.78 is 0. The maximum Gasteiger partial charge on any atom is 0.00745 e. The Hall–Kier alpha value is 0.217. The van der Waals surface area contributed by atoms with E-state index in [-0.39, 0.29) is 0 Å². The molecule has 0 amide bonds. The summed E-state index contributed by atoms with van der Waals surface area (Å²) in [4.78, 5) is 0. The Bertz CT molecular complexity index is 103. The van der Waals surface area contributed by atoms with Crippen LogP contribution >= 0.6 is 0 Å². The minimum Gasteiger partial charge on any atom is -0.0622 e. The average molecular weight is 185 g/mol. The van der Waals surface area contributed by atoms with Crippen molar-refractivity contribution >= 4 is 10.2 Å². The van der Waals surface area contributed by atoms with Gasteiger partial charge in [0.1, 0.15) is 0 Å². The first-order valence-electron chi connectivity index (χ1n) is 5.20. The monoisotopic (exact) mass is 185 g/mol. The second-order valence-corrected chi connectivity index (χ2v) is 5.33. The molecule has 0 heterocycles. The first-order chi connectivity index (χ1) is 5.39. The van der Waals surface area contributed by atoms with Gasteiger partial charge >= 0.3 is 0 Å². The Morgan fingerprint density at radius 3 is 1.08 bits per heavy atom. The van der Waals surface area contributed by atoms with E-state index in [2.05, 4.69) is 47.6 Å². The summed E-state index contributed by atoms with van der Waals surface area (Å²) >= 11 is 0. The van der Waals surface area contributed by atoms with Crippen molar-refractivity contribution < 1.29 is 0 Å². The summed E-state index contributed by atoms with van der Waals surface area (Å²) in [5.74, 6) is 2.32. The van der Waals surface area contributed by atoms with Crippen LogP contribution in [0.3, 0.4) is 0 Å². The Kier molecular flexibility index (Phi) is 4.53. The maximum atomic E-state index is 2.55. The first kappa shape index (κ1) is 12.2. The second-order valence-electron chi connectivity index (χ2n) is 4.75. The second kappa shape index (κ2) is 4.45. The number of hydrogen-bond acceptors (Lipinski definition) is 0. The lowest BCUT2D eigenvalue weighted by Crippen LogP contribution is -2.39. The molecule has 0 saturated carbocycles. The third-order valence-corrected chi connectivity index (χ3v) is 4.50. The topological polar surface area (TPSA) is 0 Å². The van der Waals surface area contributed by atoms with Crippen molar-refractivity contribution in [1.29, 1.82) is 0 Å². The van der Waals surface area contributed by atoms with Gasteiger partial charge in [0.15, 0.2) is 0 Å². The highest BCUT2D eigenvalue weighted by molar-refractivity contribution is 6.15. The van der Waals surface area contributed by atoms with Gasteiger partial charge in [0.25, 0.3) is 0 Å². The van der Waals surface area contributed by atoms with Crippen LogP contribution in [-0.4, -0.2) is 10.2 Å². The Balaban J connectivity index is 4.77. The van der Waals surface area contributed by atoms with E-state index in [0.29, 0.717) is 5.41 Å². The Labute approximate surface area is 81.6 Å². The van der Waals surface area contributed by atoms with Gasteiger partial charge in [-0.15, -0.1) is 0 Å². The summed E-state index contributed by atoms with van der Waals surface area (Å²) in [6.45, 7) is 14.1. The molecule has 0 aromatic heterocycles.